The summed E-state index contributed by atoms with van der Waals surface area (Å²) in [4.78, 5) is 6.44. The molecule has 2 aromatic rings. The number of rotatable bonds is 3. The van der Waals surface area contributed by atoms with E-state index in [1.54, 1.807) is 24.6 Å². The Bertz CT molecular complexity index is 539. The molecule has 3 heterocycles. The zero-order valence-electron chi connectivity index (χ0n) is 9.80. The summed E-state index contributed by atoms with van der Waals surface area (Å²) >= 11 is 3.53. The fraction of sp³-hybridized carbons (Fsp3) is 0.308. The van der Waals surface area contributed by atoms with Crippen molar-refractivity contribution in [3.05, 3.63) is 34.7 Å². The lowest BCUT2D eigenvalue weighted by molar-refractivity contribution is 0.548. The SMILES string of the molecule is Brc1cc(C=Nc2ccco2)oc1N1CCCC1. The summed E-state index contributed by atoms with van der Waals surface area (Å²) in [6.07, 6.45) is 5.72. The van der Waals surface area contributed by atoms with E-state index in [4.69, 9.17) is 8.83 Å². The standard InChI is InChI=1S/C13H13BrN2O2/c14-11-8-10(9-15-12-4-3-7-17-12)18-13(11)16-5-1-2-6-16/h3-4,7-9H,1-2,5-6H2. The van der Waals surface area contributed by atoms with E-state index in [-0.39, 0.29) is 0 Å². The molecule has 1 saturated heterocycles. The maximum Gasteiger partial charge on any atom is 0.218 e. The molecule has 0 amide bonds. The van der Waals surface area contributed by atoms with Crippen molar-refractivity contribution in [1.82, 2.24) is 0 Å². The normalized spacial score (nSPS) is 15.9. The maximum absolute atomic E-state index is 5.78. The van der Waals surface area contributed by atoms with Crippen LogP contribution in [0.25, 0.3) is 0 Å². The van der Waals surface area contributed by atoms with Crippen LogP contribution in [0.4, 0.5) is 11.8 Å². The Morgan fingerprint density at radius 2 is 2.17 bits per heavy atom. The highest BCUT2D eigenvalue weighted by atomic mass is 79.9. The number of hydrogen-bond donors (Lipinski definition) is 0. The second-order valence-electron chi connectivity index (χ2n) is 4.21. The van der Waals surface area contributed by atoms with Gasteiger partial charge in [-0.3, -0.25) is 0 Å². The van der Waals surface area contributed by atoms with Crippen molar-refractivity contribution in [2.45, 2.75) is 12.8 Å². The largest absolute Gasteiger partial charge is 0.447 e. The number of halogens is 1. The molecular weight excluding hydrogens is 296 g/mol. The Morgan fingerprint density at radius 3 is 2.89 bits per heavy atom. The minimum absolute atomic E-state index is 0.574. The van der Waals surface area contributed by atoms with Gasteiger partial charge in [0.05, 0.1) is 17.0 Å². The van der Waals surface area contributed by atoms with Gasteiger partial charge < -0.3 is 13.7 Å². The smallest absolute Gasteiger partial charge is 0.218 e. The molecule has 0 bridgehead atoms. The van der Waals surface area contributed by atoms with Crippen LogP contribution in [-0.4, -0.2) is 19.3 Å². The van der Waals surface area contributed by atoms with Crippen LogP contribution in [0.2, 0.25) is 0 Å². The van der Waals surface area contributed by atoms with Gasteiger partial charge in [0, 0.05) is 25.2 Å². The summed E-state index contributed by atoms with van der Waals surface area (Å²) in [5.74, 6) is 2.19. The molecule has 2 aromatic heterocycles. The zero-order valence-corrected chi connectivity index (χ0v) is 11.4. The van der Waals surface area contributed by atoms with Gasteiger partial charge in [-0.1, -0.05) is 0 Å². The molecule has 0 spiro atoms. The lowest BCUT2D eigenvalue weighted by atomic mass is 10.4. The van der Waals surface area contributed by atoms with Crippen LogP contribution in [0.1, 0.15) is 18.6 Å². The van der Waals surface area contributed by atoms with Gasteiger partial charge in [0.15, 0.2) is 0 Å². The van der Waals surface area contributed by atoms with Crippen LogP contribution in [-0.2, 0) is 0 Å². The van der Waals surface area contributed by atoms with Gasteiger partial charge in [-0.05, 0) is 34.8 Å². The zero-order chi connectivity index (χ0) is 12.4. The highest BCUT2D eigenvalue weighted by Gasteiger charge is 2.19. The highest BCUT2D eigenvalue weighted by Crippen LogP contribution is 2.32. The van der Waals surface area contributed by atoms with Gasteiger partial charge in [0.1, 0.15) is 5.76 Å². The van der Waals surface area contributed by atoms with Crippen molar-refractivity contribution in [3.63, 3.8) is 0 Å². The van der Waals surface area contributed by atoms with Gasteiger partial charge in [0.2, 0.25) is 11.8 Å². The molecule has 1 fully saturated rings. The van der Waals surface area contributed by atoms with Gasteiger partial charge >= 0.3 is 0 Å². The van der Waals surface area contributed by atoms with Crippen LogP contribution in [0.15, 0.2) is 42.8 Å². The minimum Gasteiger partial charge on any atom is -0.447 e. The van der Waals surface area contributed by atoms with Crippen LogP contribution in [0.5, 0.6) is 0 Å². The number of aliphatic imine (C=N–C) groups is 1. The van der Waals surface area contributed by atoms with Crippen molar-refractivity contribution in [2.24, 2.45) is 4.99 Å². The molecule has 94 valence electrons. The van der Waals surface area contributed by atoms with E-state index in [0.29, 0.717) is 5.88 Å². The minimum atomic E-state index is 0.574. The van der Waals surface area contributed by atoms with Crippen LogP contribution in [0.3, 0.4) is 0 Å². The first-order valence-electron chi connectivity index (χ1n) is 5.95. The van der Waals surface area contributed by atoms with Gasteiger partial charge in [-0.15, -0.1) is 0 Å². The Hall–Kier alpha value is -1.49. The van der Waals surface area contributed by atoms with E-state index in [0.717, 1.165) is 29.2 Å². The Labute approximate surface area is 113 Å². The van der Waals surface area contributed by atoms with Crippen molar-refractivity contribution in [3.8, 4) is 0 Å². The summed E-state index contributed by atoms with van der Waals surface area (Å²) < 4.78 is 11.9. The summed E-state index contributed by atoms with van der Waals surface area (Å²) in [5.41, 5.74) is 0. The fourth-order valence-electron chi connectivity index (χ4n) is 2.05. The van der Waals surface area contributed by atoms with Crippen LogP contribution < -0.4 is 4.90 Å². The third-order valence-electron chi connectivity index (χ3n) is 2.91. The van der Waals surface area contributed by atoms with E-state index in [1.807, 2.05) is 6.07 Å². The summed E-state index contributed by atoms with van der Waals surface area (Å²) in [6.45, 7) is 2.11. The second kappa shape index (κ2) is 5.02. The average Bonchev–Trinajstić information content (AvgIpc) is 3.08. The topological polar surface area (TPSA) is 41.9 Å². The molecular formula is C13H13BrN2O2. The average molecular weight is 309 g/mol. The van der Waals surface area contributed by atoms with Crippen molar-refractivity contribution < 1.29 is 8.83 Å². The molecule has 0 atom stereocenters. The summed E-state index contributed by atoms with van der Waals surface area (Å²) in [7, 11) is 0. The quantitative estimate of drug-likeness (QED) is 0.805. The molecule has 0 N–H and O–H groups in total. The van der Waals surface area contributed by atoms with E-state index < -0.39 is 0 Å². The molecule has 0 saturated carbocycles. The van der Waals surface area contributed by atoms with Crippen molar-refractivity contribution in [2.75, 3.05) is 18.0 Å². The third-order valence-corrected chi connectivity index (χ3v) is 3.47. The molecule has 18 heavy (non-hydrogen) atoms. The molecule has 4 nitrogen and oxygen atoms in total. The van der Waals surface area contributed by atoms with E-state index in [9.17, 15) is 0 Å². The number of anilines is 1. The predicted molar refractivity (Wildman–Crippen MR) is 73.8 cm³/mol. The highest BCUT2D eigenvalue weighted by molar-refractivity contribution is 9.10. The molecule has 5 heteroatoms. The third kappa shape index (κ3) is 2.36. The molecule has 3 rings (SSSR count). The lowest BCUT2D eigenvalue weighted by Crippen LogP contribution is -2.17. The van der Waals surface area contributed by atoms with Gasteiger partial charge in [-0.25, -0.2) is 4.99 Å². The van der Waals surface area contributed by atoms with Crippen LogP contribution >= 0.6 is 15.9 Å². The monoisotopic (exact) mass is 308 g/mol. The van der Waals surface area contributed by atoms with Crippen molar-refractivity contribution >= 4 is 33.9 Å². The molecule has 1 aliphatic heterocycles. The predicted octanol–water partition coefficient (Wildman–Crippen LogP) is 3.99. The van der Waals surface area contributed by atoms with E-state index in [2.05, 4.69) is 25.8 Å². The summed E-state index contributed by atoms with van der Waals surface area (Å²) in [5, 5.41) is 0. The Kier molecular flexibility index (Phi) is 3.23. The first kappa shape index (κ1) is 11.6. The molecule has 1 aliphatic rings. The maximum atomic E-state index is 5.78. The molecule has 0 unspecified atom stereocenters. The van der Waals surface area contributed by atoms with E-state index >= 15 is 0 Å². The Balaban J connectivity index is 1.79. The molecule has 0 aliphatic carbocycles. The van der Waals surface area contributed by atoms with Gasteiger partial charge in [-0.2, -0.15) is 0 Å². The van der Waals surface area contributed by atoms with Crippen molar-refractivity contribution in [1.29, 1.82) is 0 Å². The van der Waals surface area contributed by atoms with E-state index in [1.165, 1.54) is 12.8 Å². The fourth-order valence-corrected chi connectivity index (χ4v) is 2.60. The second-order valence-corrected chi connectivity index (χ2v) is 5.06. The first-order valence-corrected chi connectivity index (χ1v) is 6.74. The number of hydrogen-bond acceptors (Lipinski definition) is 4. The summed E-state index contributed by atoms with van der Waals surface area (Å²) in [6, 6.07) is 5.54. The number of furan rings is 2. The number of nitrogens with zero attached hydrogens (tertiary/aromatic N) is 2. The molecule has 0 radical (unpaired) electrons. The first-order chi connectivity index (χ1) is 8.83. The Morgan fingerprint density at radius 1 is 1.33 bits per heavy atom. The van der Waals surface area contributed by atoms with Gasteiger partial charge in [0.25, 0.3) is 0 Å². The molecule has 0 aromatic carbocycles. The van der Waals surface area contributed by atoms with Crippen LogP contribution in [0, 0.1) is 0 Å². The lowest BCUT2D eigenvalue weighted by Gasteiger charge is -2.13.